The SMILES string of the molecule is CCc1nc(C(=O)Nc2ccncc2C)n[nH]1. The molecule has 2 N–H and O–H groups in total. The van der Waals surface area contributed by atoms with E-state index in [1.807, 2.05) is 13.8 Å². The lowest BCUT2D eigenvalue weighted by molar-refractivity contribution is 0.101. The van der Waals surface area contributed by atoms with Crippen molar-refractivity contribution in [3.05, 3.63) is 35.7 Å². The van der Waals surface area contributed by atoms with E-state index in [4.69, 9.17) is 0 Å². The Labute approximate surface area is 98.5 Å². The maximum atomic E-state index is 11.8. The standard InChI is InChI=1S/C11H13N5O/c1-3-9-14-10(16-15-9)11(17)13-8-4-5-12-6-7(8)2/h4-6H,3H2,1-2H3,(H,12,13,17)(H,14,15,16). The van der Waals surface area contributed by atoms with Gasteiger partial charge in [0.2, 0.25) is 5.82 Å². The predicted molar refractivity (Wildman–Crippen MR) is 62.7 cm³/mol. The van der Waals surface area contributed by atoms with Gasteiger partial charge >= 0.3 is 0 Å². The number of nitrogens with zero attached hydrogens (tertiary/aromatic N) is 3. The highest BCUT2D eigenvalue weighted by Crippen LogP contribution is 2.12. The molecule has 0 aliphatic rings. The van der Waals surface area contributed by atoms with Crippen molar-refractivity contribution in [3.8, 4) is 0 Å². The van der Waals surface area contributed by atoms with Crippen LogP contribution >= 0.6 is 0 Å². The number of amides is 1. The Morgan fingerprint density at radius 3 is 3.00 bits per heavy atom. The lowest BCUT2D eigenvalue weighted by Gasteiger charge is -2.04. The molecule has 1 amide bonds. The molecule has 0 radical (unpaired) electrons. The number of rotatable bonds is 3. The third-order valence-electron chi connectivity index (χ3n) is 2.34. The number of pyridine rings is 1. The van der Waals surface area contributed by atoms with Gasteiger partial charge in [0, 0.05) is 24.5 Å². The zero-order valence-electron chi connectivity index (χ0n) is 9.69. The van der Waals surface area contributed by atoms with Crippen LogP contribution in [0.2, 0.25) is 0 Å². The molecule has 88 valence electrons. The summed E-state index contributed by atoms with van der Waals surface area (Å²) < 4.78 is 0. The van der Waals surface area contributed by atoms with Crippen molar-refractivity contribution in [2.75, 3.05) is 5.32 Å². The van der Waals surface area contributed by atoms with E-state index >= 15 is 0 Å². The molecule has 6 heteroatoms. The third-order valence-corrected chi connectivity index (χ3v) is 2.34. The van der Waals surface area contributed by atoms with Crippen molar-refractivity contribution in [1.29, 1.82) is 0 Å². The van der Waals surface area contributed by atoms with Crippen molar-refractivity contribution in [3.63, 3.8) is 0 Å². The van der Waals surface area contributed by atoms with Gasteiger partial charge in [-0.05, 0) is 18.6 Å². The largest absolute Gasteiger partial charge is 0.319 e. The number of carbonyl (C=O) groups excluding carboxylic acids is 1. The second-order valence-corrected chi connectivity index (χ2v) is 3.60. The molecule has 0 aliphatic carbocycles. The molecule has 0 saturated heterocycles. The summed E-state index contributed by atoms with van der Waals surface area (Å²) in [5.41, 5.74) is 1.61. The van der Waals surface area contributed by atoms with Gasteiger partial charge in [0.25, 0.3) is 5.91 Å². The van der Waals surface area contributed by atoms with Crippen LogP contribution < -0.4 is 5.32 Å². The molecule has 0 fully saturated rings. The Balaban J connectivity index is 2.14. The van der Waals surface area contributed by atoms with Gasteiger partial charge in [-0.3, -0.25) is 14.9 Å². The maximum absolute atomic E-state index is 11.8. The van der Waals surface area contributed by atoms with Crippen molar-refractivity contribution < 1.29 is 4.79 Å². The molecular weight excluding hydrogens is 218 g/mol. The topological polar surface area (TPSA) is 83.6 Å². The number of aryl methyl sites for hydroxylation is 2. The van der Waals surface area contributed by atoms with Gasteiger partial charge in [-0.25, -0.2) is 4.98 Å². The monoisotopic (exact) mass is 231 g/mol. The quantitative estimate of drug-likeness (QED) is 0.834. The molecule has 0 aliphatic heterocycles. The van der Waals surface area contributed by atoms with E-state index in [0.717, 1.165) is 5.56 Å². The number of anilines is 1. The molecule has 0 bridgehead atoms. The smallest absolute Gasteiger partial charge is 0.295 e. The molecule has 17 heavy (non-hydrogen) atoms. The van der Waals surface area contributed by atoms with Crippen LogP contribution in [0.15, 0.2) is 18.5 Å². The summed E-state index contributed by atoms with van der Waals surface area (Å²) in [6.45, 7) is 3.81. The van der Waals surface area contributed by atoms with E-state index in [0.29, 0.717) is 17.9 Å². The summed E-state index contributed by atoms with van der Waals surface area (Å²) in [5.74, 6) is 0.523. The van der Waals surface area contributed by atoms with Crippen LogP contribution in [0, 0.1) is 6.92 Å². The first-order valence-electron chi connectivity index (χ1n) is 5.34. The van der Waals surface area contributed by atoms with Crippen molar-refractivity contribution in [1.82, 2.24) is 20.2 Å². The van der Waals surface area contributed by atoms with Gasteiger partial charge in [-0.2, -0.15) is 0 Å². The molecule has 0 spiro atoms. The fraction of sp³-hybridized carbons (Fsp3) is 0.273. The highest BCUT2D eigenvalue weighted by molar-refractivity contribution is 6.01. The average molecular weight is 231 g/mol. The van der Waals surface area contributed by atoms with Crippen LogP contribution in [0.3, 0.4) is 0 Å². The Bertz CT molecular complexity index is 534. The Hall–Kier alpha value is -2.24. The summed E-state index contributed by atoms with van der Waals surface area (Å²) in [6.07, 6.45) is 4.03. The Kier molecular flexibility index (Phi) is 3.13. The minimum absolute atomic E-state index is 0.151. The van der Waals surface area contributed by atoms with Crippen molar-refractivity contribution in [2.24, 2.45) is 0 Å². The van der Waals surface area contributed by atoms with Crippen LogP contribution in [0.4, 0.5) is 5.69 Å². The van der Waals surface area contributed by atoms with Gasteiger partial charge in [0.1, 0.15) is 5.82 Å². The fourth-order valence-corrected chi connectivity index (χ4v) is 1.35. The number of carbonyl (C=O) groups is 1. The van der Waals surface area contributed by atoms with E-state index in [1.54, 1.807) is 18.5 Å². The summed E-state index contributed by atoms with van der Waals surface area (Å²) >= 11 is 0. The highest BCUT2D eigenvalue weighted by atomic mass is 16.2. The molecule has 0 saturated carbocycles. The number of hydrogen-bond donors (Lipinski definition) is 2. The van der Waals surface area contributed by atoms with Gasteiger partial charge in [-0.1, -0.05) is 6.92 Å². The predicted octanol–water partition coefficient (Wildman–Crippen LogP) is 1.32. The molecule has 0 aromatic carbocycles. The van der Waals surface area contributed by atoms with Crippen LogP contribution in [-0.2, 0) is 6.42 Å². The number of aromatic amines is 1. The second-order valence-electron chi connectivity index (χ2n) is 3.60. The van der Waals surface area contributed by atoms with E-state index in [1.165, 1.54) is 0 Å². The average Bonchev–Trinajstić information content (AvgIpc) is 2.81. The zero-order chi connectivity index (χ0) is 12.3. The van der Waals surface area contributed by atoms with Crippen molar-refractivity contribution >= 4 is 11.6 Å². The van der Waals surface area contributed by atoms with Crippen LogP contribution in [-0.4, -0.2) is 26.1 Å². The van der Waals surface area contributed by atoms with Gasteiger partial charge in [0.15, 0.2) is 0 Å². The Morgan fingerprint density at radius 1 is 1.53 bits per heavy atom. The lowest BCUT2D eigenvalue weighted by Crippen LogP contribution is -2.14. The molecule has 6 nitrogen and oxygen atoms in total. The summed E-state index contributed by atoms with van der Waals surface area (Å²) in [6, 6.07) is 1.74. The summed E-state index contributed by atoms with van der Waals surface area (Å²) in [4.78, 5) is 19.8. The summed E-state index contributed by atoms with van der Waals surface area (Å²) in [5, 5.41) is 9.29. The summed E-state index contributed by atoms with van der Waals surface area (Å²) in [7, 11) is 0. The molecule has 0 unspecified atom stereocenters. The first kappa shape index (κ1) is 11.3. The fourth-order valence-electron chi connectivity index (χ4n) is 1.35. The molecule has 2 rings (SSSR count). The van der Waals surface area contributed by atoms with E-state index in [2.05, 4.69) is 25.5 Å². The van der Waals surface area contributed by atoms with Crippen LogP contribution in [0.1, 0.15) is 28.9 Å². The number of H-pyrrole nitrogens is 1. The second kappa shape index (κ2) is 4.73. The number of nitrogens with one attached hydrogen (secondary N) is 2. The molecule has 2 aromatic rings. The molecule has 0 atom stereocenters. The number of aromatic nitrogens is 4. The molecule has 2 aromatic heterocycles. The van der Waals surface area contributed by atoms with E-state index < -0.39 is 0 Å². The van der Waals surface area contributed by atoms with E-state index in [-0.39, 0.29) is 11.7 Å². The lowest BCUT2D eigenvalue weighted by atomic mass is 10.2. The molecule has 2 heterocycles. The van der Waals surface area contributed by atoms with Crippen molar-refractivity contribution in [2.45, 2.75) is 20.3 Å². The van der Waals surface area contributed by atoms with E-state index in [9.17, 15) is 4.79 Å². The highest BCUT2D eigenvalue weighted by Gasteiger charge is 2.12. The third kappa shape index (κ3) is 2.47. The minimum Gasteiger partial charge on any atom is -0.319 e. The molecular formula is C11H13N5O. The minimum atomic E-state index is -0.324. The zero-order valence-corrected chi connectivity index (χ0v) is 9.69. The first-order chi connectivity index (χ1) is 8.20. The first-order valence-corrected chi connectivity index (χ1v) is 5.34. The maximum Gasteiger partial charge on any atom is 0.295 e. The number of hydrogen-bond acceptors (Lipinski definition) is 4. The van der Waals surface area contributed by atoms with Gasteiger partial charge < -0.3 is 5.32 Å². The van der Waals surface area contributed by atoms with Gasteiger partial charge in [-0.15, -0.1) is 5.10 Å². The Morgan fingerprint density at radius 2 is 2.35 bits per heavy atom. The van der Waals surface area contributed by atoms with Crippen LogP contribution in [0.5, 0.6) is 0 Å². The van der Waals surface area contributed by atoms with Gasteiger partial charge in [0.05, 0.1) is 0 Å². The normalized spacial score (nSPS) is 10.2. The van der Waals surface area contributed by atoms with Crippen LogP contribution in [0.25, 0.3) is 0 Å².